The number of carbonyl (C=O) groups excluding carboxylic acids is 2. The molecule has 126 valence electrons. The molecule has 8 heteroatoms. The highest BCUT2D eigenvalue weighted by Gasteiger charge is 2.24. The number of nitrogens with zero attached hydrogens (tertiary/aromatic N) is 1. The fourth-order valence-electron chi connectivity index (χ4n) is 2.40. The maximum atomic E-state index is 11.9. The van der Waals surface area contributed by atoms with Crippen LogP contribution in [-0.2, 0) is 16.1 Å². The van der Waals surface area contributed by atoms with Crippen molar-refractivity contribution in [3.8, 4) is 0 Å². The third kappa shape index (κ3) is 3.57. The molecule has 0 unspecified atom stereocenters. The van der Waals surface area contributed by atoms with E-state index in [4.69, 9.17) is 20.8 Å². The predicted octanol–water partition coefficient (Wildman–Crippen LogP) is 2.97. The summed E-state index contributed by atoms with van der Waals surface area (Å²) < 4.78 is 10.4. The molecule has 0 saturated carbocycles. The normalized spacial score (nSPS) is 14.4. The van der Waals surface area contributed by atoms with Gasteiger partial charge in [0.25, 0.3) is 5.24 Å². The van der Waals surface area contributed by atoms with Crippen LogP contribution in [0.15, 0.2) is 27.4 Å². The standard InChI is InChI=1S/C16H14ClNO5S/c1-9-4-13-11(6-12(9)17)10(5-14(19)23-13)8-22-15(20)7-18-2-3-24-16(18)21/h4-6H,2-3,7-8H2,1H3. The molecule has 1 amide bonds. The van der Waals surface area contributed by atoms with E-state index in [2.05, 4.69) is 0 Å². The highest BCUT2D eigenvalue weighted by molar-refractivity contribution is 8.13. The maximum absolute atomic E-state index is 11.9. The zero-order chi connectivity index (χ0) is 17.3. The molecule has 24 heavy (non-hydrogen) atoms. The van der Waals surface area contributed by atoms with Crippen LogP contribution in [0.5, 0.6) is 0 Å². The van der Waals surface area contributed by atoms with Gasteiger partial charge >= 0.3 is 11.6 Å². The van der Waals surface area contributed by atoms with Crippen molar-refractivity contribution in [1.82, 2.24) is 4.90 Å². The van der Waals surface area contributed by atoms with Crippen LogP contribution in [0.3, 0.4) is 0 Å². The van der Waals surface area contributed by atoms with Gasteiger partial charge in [0.2, 0.25) is 0 Å². The number of fused-ring (bicyclic) bond motifs is 1. The van der Waals surface area contributed by atoms with Crippen LogP contribution < -0.4 is 5.63 Å². The van der Waals surface area contributed by atoms with E-state index >= 15 is 0 Å². The minimum Gasteiger partial charge on any atom is -0.459 e. The Balaban J connectivity index is 1.77. The molecule has 0 spiro atoms. The first kappa shape index (κ1) is 16.9. The summed E-state index contributed by atoms with van der Waals surface area (Å²) in [5.74, 6) is 0.152. The number of thioether (sulfide) groups is 1. The zero-order valence-corrected chi connectivity index (χ0v) is 14.4. The lowest BCUT2D eigenvalue weighted by molar-refractivity contribution is -0.145. The van der Waals surface area contributed by atoms with Crippen LogP contribution in [0.2, 0.25) is 5.02 Å². The first-order chi connectivity index (χ1) is 11.4. The van der Waals surface area contributed by atoms with Crippen LogP contribution >= 0.6 is 23.4 Å². The van der Waals surface area contributed by atoms with Crippen LogP contribution in [0.25, 0.3) is 11.0 Å². The lowest BCUT2D eigenvalue weighted by Crippen LogP contribution is -2.30. The number of benzene rings is 1. The number of carbonyl (C=O) groups is 2. The molecule has 1 aromatic carbocycles. The molecule has 0 N–H and O–H groups in total. The Morgan fingerprint density at radius 2 is 2.17 bits per heavy atom. The second-order valence-corrected chi connectivity index (χ2v) is 6.84. The molecule has 1 aromatic heterocycles. The number of rotatable bonds is 4. The van der Waals surface area contributed by atoms with Gasteiger partial charge in [0.1, 0.15) is 18.7 Å². The molecule has 1 aliphatic heterocycles. The second kappa shape index (κ2) is 6.86. The molecule has 6 nitrogen and oxygen atoms in total. The minimum atomic E-state index is -0.526. The molecule has 1 saturated heterocycles. The van der Waals surface area contributed by atoms with Gasteiger partial charge in [-0.05, 0) is 24.6 Å². The monoisotopic (exact) mass is 367 g/mol. The fourth-order valence-corrected chi connectivity index (χ4v) is 3.39. The Kier molecular flexibility index (Phi) is 4.82. The van der Waals surface area contributed by atoms with Crippen molar-refractivity contribution in [2.75, 3.05) is 18.8 Å². The predicted molar refractivity (Wildman–Crippen MR) is 91.5 cm³/mol. The third-order valence-corrected chi connectivity index (χ3v) is 4.96. The van der Waals surface area contributed by atoms with Crippen molar-refractivity contribution in [3.63, 3.8) is 0 Å². The summed E-state index contributed by atoms with van der Waals surface area (Å²) in [7, 11) is 0. The molecule has 2 aromatic rings. The number of esters is 1. The average molecular weight is 368 g/mol. The largest absolute Gasteiger partial charge is 0.459 e. The lowest BCUT2D eigenvalue weighted by atomic mass is 10.1. The smallest absolute Gasteiger partial charge is 0.336 e. The van der Waals surface area contributed by atoms with Crippen molar-refractivity contribution >= 4 is 45.5 Å². The van der Waals surface area contributed by atoms with Gasteiger partial charge < -0.3 is 14.1 Å². The molecular formula is C16H14ClNO5S. The topological polar surface area (TPSA) is 76.8 Å². The summed E-state index contributed by atoms with van der Waals surface area (Å²) in [6.07, 6.45) is 0. The first-order valence-electron chi connectivity index (χ1n) is 7.24. The fraction of sp³-hybridized carbons (Fsp3) is 0.312. The van der Waals surface area contributed by atoms with Gasteiger partial charge in [-0.15, -0.1) is 0 Å². The number of aryl methyl sites for hydroxylation is 1. The van der Waals surface area contributed by atoms with Crippen molar-refractivity contribution < 1.29 is 18.7 Å². The van der Waals surface area contributed by atoms with Crippen molar-refractivity contribution in [2.45, 2.75) is 13.5 Å². The summed E-state index contributed by atoms with van der Waals surface area (Å²) in [4.78, 5) is 36.5. The molecule has 0 aliphatic carbocycles. The molecule has 1 fully saturated rings. The molecule has 0 atom stereocenters. The SMILES string of the molecule is Cc1cc2oc(=O)cc(COC(=O)CN3CCSC3=O)c2cc1Cl. The van der Waals surface area contributed by atoms with E-state index in [1.165, 1.54) is 22.7 Å². The Labute approximate surface area is 146 Å². The first-order valence-corrected chi connectivity index (χ1v) is 8.60. The van der Waals surface area contributed by atoms with Crippen LogP contribution in [0.4, 0.5) is 4.79 Å². The lowest BCUT2D eigenvalue weighted by Gasteiger charge is -2.14. The molecular weight excluding hydrogens is 354 g/mol. The van der Waals surface area contributed by atoms with E-state index in [9.17, 15) is 14.4 Å². The van der Waals surface area contributed by atoms with E-state index in [1.807, 2.05) is 0 Å². The summed E-state index contributed by atoms with van der Waals surface area (Å²) in [6.45, 7) is 2.16. The third-order valence-electron chi connectivity index (χ3n) is 3.66. The number of hydrogen-bond acceptors (Lipinski definition) is 6. The zero-order valence-electron chi connectivity index (χ0n) is 12.8. The summed E-state index contributed by atoms with van der Waals surface area (Å²) in [6, 6.07) is 4.63. The average Bonchev–Trinajstić information content (AvgIpc) is 2.92. The van der Waals surface area contributed by atoms with Gasteiger partial charge in [0.05, 0.1) is 0 Å². The van der Waals surface area contributed by atoms with Crippen molar-refractivity contribution in [1.29, 1.82) is 0 Å². The summed E-state index contributed by atoms with van der Waals surface area (Å²) >= 11 is 7.30. The summed E-state index contributed by atoms with van der Waals surface area (Å²) in [5, 5.41) is 1.02. The van der Waals surface area contributed by atoms with E-state index in [0.717, 1.165) is 5.56 Å². The van der Waals surface area contributed by atoms with Gasteiger partial charge in [0, 0.05) is 34.3 Å². The van der Waals surface area contributed by atoms with Gasteiger partial charge in [-0.2, -0.15) is 0 Å². The van der Waals surface area contributed by atoms with Crippen LogP contribution in [0.1, 0.15) is 11.1 Å². The Bertz CT molecular complexity index is 879. The molecule has 0 bridgehead atoms. The van der Waals surface area contributed by atoms with E-state index in [1.54, 1.807) is 19.1 Å². The van der Waals surface area contributed by atoms with E-state index < -0.39 is 11.6 Å². The highest BCUT2D eigenvalue weighted by atomic mass is 35.5. The van der Waals surface area contributed by atoms with Gasteiger partial charge in [-0.25, -0.2) is 4.79 Å². The second-order valence-electron chi connectivity index (χ2n) is 5.38. The van der Waals surface area contributed by atoms with E-state index in [0.29, 0.717) is 33.9 Å². The van der Waals surface area contributed by atoms with Gasteiger partial charge in [0.15, 0.2) is 0 Å². The Morgan fingerprint density at radius 3 is 2.88 bits per heavy atom. The van der Waals surface area contributed by atoms with Gasteiger partial charge in [-0.1, -0.05) is 23.4 Å². The Morgan fingerprint density at radius 1 is 1.38 bits per heavy atom. The molecule has 0 radical (unpaired) electrons. The van der Waals surface area contributed by atoms with Crippen molar-refractivity contribution in [2.24, 2.45) is 0 Å². The van der Waals surface area contributed by atoms with Crippen LogP contribution in [-0.4, -0.2) is 35.0 Å². The quantitative estimate of drug-likeness (QED) is 0.610. The van der Waals surface area contributed by atoms with Crippen LogP contribution in [0, 0.1) is 6.92 Å². The molecule has 3 rings (SSSR count). The number of hydrogen-bond donors (Lipinski definition) is 0. The Hall–Kier alpha value is -1.99. The summed E-state index contributed by atoms with van der Waals surface area (Å²) in [5.41, 5.74) is 1.16. The maximum Gasteiger partial charge on any atom is 0.336 e. The number of ether oxygens (including phenoxy) is 1. The van der Waals surface area contributed by atoms with Gasteiger partial charge in [-0.3, -0.25) is 9.59 Å². The molecule has 2 heterocycles. The van der Waals surface area contributed by atoms with Crippen molar-refractivity contribution in [3.05, 3.63) is 44.8 Å². The number of amides is 1. The highest BCUT2D eigenvalue weighted by Crippen LogP contribution is 2.25. The van der Waals surface area contributed by atoms with E-state index in [-0.39, 0.29) is 18.4 Å². The molecule has 1 aliphatic rings. The number of halogens is 1. The minimum absolute atomic E-state index is 0.0878.